The van der Waals surface area contributed by atoms with Crippen molar-refractivity contribution in [3.8, 4) is 0 Å². The Morgan fingerprint density at radius 1 is 0.926 bits per heavy atom. The molecule has 0 aliphatic rings. The average Bonchev–Trinajstić information content (AvgIpc) is 2.81. The van der Waals surface area contributed by atoms with Crippen molar-refractivity contribution in [2.24, 2.45) is 0 Å². The van der Waals surface area contributed by atoms with Crippen LogP contribution in [0.3, 0.4) is 0 Å². The lowest BCUT2D eigenvalue weighted by Crippen LogP contribution is -2.21. The minimum absolute atomic E-state index is 0.0267. The summed E-state index contributed by atoms with van der Waals surface area (Å²) in [4.78, 5) is 11.5. The van der Waals surface area contributed by atoms with Crippen LogP contribution in [-0.4, -0.2) is 35.5 Å². The van der Waals surface area contributed by atoms with Gasteiger partial charge in [0.25, 0.3) is 0 Å². The molecule has 4 heteroatoms. The largest absolute Gasteiger partial charge is 0.463 e. The number of rotatable bonds is 17. The zero-order valence-electron chi connectivity index (χ0n) is 24.3. The smallest absolute Gasteiger partial charge is 0.305 e. The predicted octanol–water partition coefficient (Wildman–Crippen LogP) is 5.03. The molecule has 0 amide bonds. The lowest BCUT2D eigenvalue weighted by Gasteiger charge is -2.07. The number of unbranched alkanes of at least 4 members (excludes halogenated alkanes) is 2. The Morgan fingerprint density at radius 2 is 1.44 bits per heavy atom. The summed E-state index contributed by atoms with van der Waals surface area (Å²) in [7, 11) is 0. The van der Waals surface area contributed by atoms with E-state index in [9.17, 15) is 4.79 Å². The van der Waals surface area contributed by atoms with Crippen molar-refractivity contribution in [2.45, 2.75) is 77.2 Å². The number of ether oxygens (including phenoxy) is 1. The second kappa shape index (κ2) is 20.7. The van der Waals surface area contributed by atoms with E-state index in [1.165, 1.54) is 0 Å². The van der Waals surface area contributed by atoms with E-state index >= 15 is 0 Å². The number of aliphatic hydroxyl groups excluding tert-OH is 2. The summed E-state index contributed by atoms with van der Waals surface area (Å²) in [5, 5.41) is 17.8. The second-order valence-electron chi connectivity index (χ2n) is 5.77. The Bertz CT molecular complexity index is 805. The number of hydrogen-bond donors (Lipinski definition) is 2. The van der Waals surface area contributed by atoms with Crippen molar-refractivity contribution in [1.29, 1.82) is 0 Å². The van der Waals surface area contributed by atoms with E-state index < -0.39 is 18.7 Å². The first-order chi connectivity index (χ1) is 16.4. The SMILES string of the molecule is [2H]/C(CCCCC)=C(\[2H])C/C([2H])=C(/[2H])C/C([2H])=C(\[2H])C/C([2H])=C(/[2H])CCCC(=O)OCC(O)CO. The molecule has 1 atom stereocenters. The fourth-order valence-corrected chi connectivity index (χ4v) is 1.78. The van der Waals surface area contributed by atoms with Crippen LogP contribution in [0, 0.1) is 0 Å². The number of hydrogen-bond acceptors (Lipinski definition) is 4. The monoisotopic (exact) mass is 386 g/mol. The molecule has 0 rings (SSSR count). The molecule has 27 heavy (non-hydrogen) atoms. The standard InChI is InChI=1S/C23H38O4/c1-2-3-4-5-6-7-8-9-10-11-12-13-14-15-16-17-18-19-23(26)27-21-22(25)20-24/h6-7,9-10,12-13,15-16,22,24-25H,2-5,8,11,14,17-21H2,1H3/b7-6-,10-9-,13-12+,16-15-/i6D,7D,9D,10D,12D,13D,15D,16D. The molecule has 0 aromatic rings. The summed E-state index contributed by atoms with van der Waals surface area (Å²) >= 11 is 0. The summed E-state index contributed by atoms with van der Waals surface area (Å²) in [6.07, 6.45) is 1.57. The molecule has 0 aromatic carbocycles. The maximum absolute atomic E-state index is 11.5. The van der Waals surface area contributed by atoms with Gasteiger partial charge in [-0.15, -0.1) is 0 Å². The van der Waals surface area contributed by atoms with E-state index in [1.54, 1.807) is 0 Å². The average molecular weight is 387 g/mol. The van der Waals surface area contributed by atoms with Crippen molar-refractivity contribution in [3.63, 3.8) is 0 Å². The molecular formula is C23H38O4. The summed E-state index contributed by atoms with van der Waals surface area (Å²) in [5.74, 6) is -0.600. The van der Waals surface area contributed by atoms with Gasteiger partial charge in [0, 0.05) is 6.42 Å². The van der Waals surface area contributed by atoms with E-state index in [-0.39, 0.29) is 93.5 Å². The molecule has 0 saturated carbocycles. The number of carbonyl (C=O) groups excluding carboxylic acids is 1. The molecule has 2 N–H and O–H groups in total. The van der Waals surface area contributed by atoms with Gasteiger partial charge < -0.3 is 14.9 Å². The number of carbonyl (C=O) groups is 1. The summed E-state index contributed by atoms with van der Waals surface area (Å²) < 4.78 is 68.4. The first-order valence-electron chi connectivity index (χ1n) is 13.5. The molecule has 0 aromatic heterocycles. The van der Waals surface area contributed by atoms with Crippen LogP contribution in [0.15, 0.2) is 48.4 Å². The molecule has 0 saturated heterocycles. The fraction of sp³-hybridized carbons (Fsp3) is 0.609. The quantitative estimate of drug-likeness (QED) is 0.209. The molecule has 0 aliphatic carbocycles. The van der Waals surface area contributed by atoms with Gasteiger partial charge in [0.05, 0.1) is 17.6 Å². The lowest BCUT2D eigenvalue weighted by atomic mass is 10.2. The third-order valence-electron chi connectivity index (χ3n) is 3.27. The molecule has 0 spiro atoms. The van der Waals surface area contributed by atoms with Crippen LogP contribution < -0.4 is 0 Å². The van der Waals surface area contributed by atoms with Crippen LogP contribution in [0.5, 0.6) is 0 Å². The van der Waals surface area contributed by atoms with E-state index in [0.29, 0.717) is 6.42 Å². The predicted molar refractivity (Wildman–Crippen MR) is 112 cm³/mol. The Kier molecular flexibility index (Phi) is 11.0. The summed E-state index contributed by atoms with van der Waals surface area (Å²) in [5.41, 5.74) is 0. The minimum Gasteiger partial charge on any atom is -0.463 e. The van der Waals surface area contributed by atoms with Crippen molar-refractivity contribution in [2.75, 3.05) is 13.2 Å². The van der Waals surface area contributed by atoms with Crippen LogP contribution in [0.25, 0.3) is 0 Å². The molecule has 0 aliphatic heterocycles. The van der Waals surface area contributed by atoms with Gasteiger partial charge in [-0.2, -0.15) is 0 Å². The van der Waals surface area contributed by atoms with Gasteiger partial charge in [0.15, 0.2) is 0 Å². The van der Waals surface area contributed by atoms with Crippen molar-refractivity contribution < 1.29 is 30.7 Å². The van der Waals surface area contributed by atoms with Gasteiger partial charge in [-0.3, -0.25) is 4.79 Å². The van der Waals surface area contributed by atoms with Gasteiger partial charge >= 0.3 is 5.97 Å². The van der Waals surface area contributed by atoms with Gasteiger partial charge in [0.2, 0.25) is 0 Å². The Balaban J connectivity index is 4.87. The minimum atomic E-state index is -1.15. The molecule has 0 bridgehead atoms. The van der Waals surface area contributed by atoms with Crippen LogP contribution in [0.2, 0.25) is 0 Å². The first-order valence-corrected chi connectivity index (χ1v) is 9.48. The number of allylic oxidation sites excluding steroid dienone is 8. The van der Waals surface area contributed by atoms with E-state index in [4.69, 9.17) is 25.9 Å². The van der Waals surface area contributed by atoms with Gasteiger partial charge in [0.1, 0.15) is 12.7 Å². The molecule has 0 heterocycles. The fourth-order valence-electron chi connectivity index (χ4n) is 1.78. The van der Waals surface area contributed by atoms with E-state index in [1.807, 2.05) is 6.92 Å². The number of esters is 1. The number of aliphatic hydroxyl groups is 2. The maximum Gasteiger partial charge on any atom is 0.305 e. The van der Waals surface area contributed by atoms with E-state index in [0.717, 1.165) is 19.3 Å². The third-order valence-corrected chi connectivity index (χ3v) is 3.27. The lowest BCUT2D eigenvalue weighted by molar-refractivity contribution is -0.147. The highest BCUT2D eigenvalue weighted by atomic mass is 16.5. The summed E-state index contributed by atoms with van der Waals surface area (Å²) in [6.45, 7) is 1.19. The molecule has 4 nitrogen and oxygen atoms in total. The maximum atomic E-state index is 11.5. The molecule has 0 fully saturated rings. The highest BCUT2D eigenvalue weighted by molar-refractivity contribution is 5.69. The van der Waals surface area contributed by atoms with Crippen LogP contribution in [0.1, 0.15) is 82.1 Å². The van der Waals surface area contributed by atoms with E-state index in [2.05, 4.69) is 0 Å². The molecule has 1 unspecified atom stereocenters. The van der Waals surface area contributed by atoms with Gasteiger partial charge in [-0.1, -0.05) is 68.2 Å². The van der Waals surface area contributed by atoms with Crippen molar-refractivity contribution >= 4 is 5.97 Å². The molecule has 0 radical (unpaired) electrons. The zero-order chi connectivity index (χ0) is 27.0. The third kappa shape index (κ3) is 20.5. The Labute approximate surface area is 176 Å². The first kappa shape index (κ1) is 14.4. The van der Waals surface area contributed by atoms with Gasteiger partial charge in [-0.25, -0.2) is 0 Å². The van der Waals surface area contributed by atoms with Crippen LogP contribution in [0.4, 0.5) is 0 Å². The molecule has 154 valence electrons. The zero-order valence-corrected chi connectivity index (χ0v) is 16.3. The van der Waals surface area contributed by atoms with Crippen LogP contribution >= 0.6 is 0 Å². The van der Waals surface area contributed by atoms with Crippen molar-refractivity contribution in [3.05, 3.63) is 48.4 Å². The Morgan fingerprint density at radius 3 is 1.96 bits per heavy atom. The second-order valence-corrected chi connectivity index (χ2v) is 5.77. The Hall–Kier alpha value is -1.65. The van der Waals surface area contributed by atoms with Crippen molar-refractivity contribution in [1.82, 2.24) is 0 Å². The topological polar surface area (TPSA) is 66.8 Å². The van der Waals surface area contributed by atoms with Crippen LogP contribution in [-0.2, 0) is 9.53 Å². The normalized spacial score (nSPS) is 20.6. The molecular weight excluding hydrogens is 340 g/mol. The van der Waals surface area contributed by atoms with Gasteiger partial charge in [-0.05, 0) is 44.9 Å². The highest BCUT2D eigenvalue weighted by Crippen LogP contribution is 2.02. The summed E-state index contributed by atoms with van der Waals surface area (Å²) in [6, 6.07) is -1.09. The highest BCUT2D eigenvalue weighted by Gasteiger charge is 2.06.